The van der Waals surface area contributed by atoms with Crippen molar-refractivity contribution in [1.29, 1.82) is 0 Å². The first-order chi connectivity index (χ1) is 13.6. The van der Waals surface area contributed by atoms with Gasteiger partial charge < -0.3 is 20.1 Å². The monoisotopic (exact) mass is 402 g/mol. The molecule has 1 atom stereocenters. The van der Waals surface area contributed by atoms with Crippen LogP contribution in [0.25, 0.3) is 0 Å². The summed E-state index contributed by atoms with van der Waals surface area (Å²) in [6, 6.07) is 11.7. The molecule has 0 spiro atoms. The molecule has 28 heavy (non-hydrogen) atoms. The Balaban J connectivity index is 1.75. The number of hydrogen-bond donors (Lipinski definition) is 2. The van der Waals surface area contributed by atoms with E-state index in [4.69, 9.17) is 21.1 Å². The zero-order chi connectivity index (χ0) is 19.9. The van der Waals surface area contributed by atoms with E-state index in [1.54, 1.807) is 42.5 Å². The fourth-order valence-corrected chi connectivity index (χ4v) is 3.22. The van der Waals surface area contributed by atoms with Gasteiger partial charge in [0.1, 0.15) is 5.75 Å². The molecule has 2 amide bonds. The molecule has 1 aliphatic rings. The summed E-state index contributed by atoms with van der Waals surface area (Å²) in [6.07, 6.45) is 1.99. The molecular weight excluding hydrogens is 380 g/mol. The summed E-state index contributed by atoms with van der Waals surface area (Å²) >= 11 is 6.04. The SMILES string of the molecule is CCOc1ccc(Cl)cc1C(=O)Nc1ccccc1C(=O)NCC1CCCO1. The third-order valence-corrected chi connectivity index (χ3v) is 4.66. The number of halogens is 1. The Morgan fingerprint density at radius 1 is 1.18 bits per heavy atom. The number of para-hydroxylation sites is 1. The quantitative estimate of drug-likeness (QED) is 0.736. The van der Waals surface area contributed by atoms with Gasteiger partial charge in [0.2, 0.25) is 0 Å². The Bertz CT molecular complexity index is 850. The lowest BCUT2D eigenvalue weighted by Crippen LogP contribution is -2.32. The van der Waals surface area contributed by atoms with Crippen LogP contribution in [0.5, 0.6) is 5.75 Å². The van der Waals surface area contributed by atoms with E-state index in [1.165, 1.54) is 0 Å². The molecule has 0 aromatic heterocycles. The second-order valence-corrected chi connectivity index (χ2v) is 6.85. The van der Waals surface area contributed by atoms with Gasteiger partial charge in [0, 0.05) is 18.2 Å². The Labute approximate surface area is 169 Å². The molecular formula is C21H23ClN2O4. The van der Waals surface area contributed by atoms with Gasteiger partial charge in [-0.05, 0) is 50.1 Å². The lowest BCUT2D eigenvalue weighted by atomic mass is 10.1. The molecule has 2 aromatic carbocycles. The first-order valence-electron chi connectivity index (χ1n) is 9.31. The van der Waals surface area contributed by atoms with Crippen LogP contribution in [0.1, 0.15) is 40.5 Å². The predicted molar refractivity (Wildman–Crippen MR) is 108 cm³/mol. The van der Waals surface area contributed by atoms with Gasteiger partial charge in [0.15, 0.2) is 0 Å². The maximum absolute atomic E-state index is 12.8. The Kier molecular flexibility index (Phi) is 6.90. The van der Waals surface area contributed by atoms with Crippen molar-refractivity contribution in [2.75, 3.05) is 25.1 Å². The van der Waals surface area contributed by atoms with Gasteiger partial charge >= 0.3 is 0 Å². The van der Waals surface area contributed by atoms with E-state index >= 15 is 0 Å². The maximum atomic E-state index is 12.8. The second-order valence-electron chi connectivity index (χ2n) is 6.42. The smallest absolute Gasteiger partial charge is 0.259 e. The molecule has 1 unspecified atom stereocenters. The highest BCUT2D eigenvalue weighted by Gasteiger charge is 2.20. The summed E-state index contributed by atoms with van der Waals surface area (Å²) in [5.74, 6) is -0.224. The van der Waals surface area contributed by atoms with E-state index < -0.39 is 5.91 Å². The summed E-state index contributed by atoms with van der Waals surface area (Å²) in [4.78, 5) is 25.4. The Morgan fingerprint density at radius 3 is 2.75 bits per heavy atom. The van der Waals surface area contributed by atoms with Crippen molar-refractivity contribution in [3.05, 3.63) is 58.6 Å². The van der Waals surface area contributed by atoms with E-state index in [2.05, 4.69) is 10.6 Å². The van der Waals surface area contributed by atoms with Crippen LogP contribution in [-0.4, -0.2) is 37.7 Å². The van der Waals surface area contributed by atoms with Crippen LogP contribution in [-0.2, 0) is 4.74 Å². The molecule has 6 nitrogen and oxygen atoms in total. The fraction of sp³-hybridized carbons (Fsp3) is 0.333. The minimum Gasteiger partial charge on any atom is -0.493 e. The number of ether oxygens (including phenoxy) is 2. The van der Waals surface area contributed by atoms with E-state index in [0.717, 1.165) is 19.4 Å². The van der Waals surface area contributed by atoms with Crippen LogP contribution in [0.3, 0.4) is 0 Å². The largest absolute Gasteiger partial charge is 0.493 e. The van der Waals surface area contributed by atoms with Crippen LogP contribution >= 0.6 is 11.6 Å². The first-order valence-corrected chi connectivity index (χ1v) is 9.68. The minimum absolute atomic E-state index is 0.0471. The molecule has 7 heteroatoms. The van der Waals surface area contributed by atoms with E-state index in [0.29, 0.717) is 40.7 Å². The van der Waals surface area contributed by atoms with Crippen molar-refractivity contribution in [2.24, 2.45) is 0 Å². The highest BCUT2D eigenvalue weighted by molar-refractivity contribution is 6.31. The molecule has 2 aromatic rings. The molecule has 3 rings (SSSR count). The number of benzene rings is 2. The normalized spacial score (nSPS) is 15.9. The molecule has 1 saturated heterocycles. The third-order valence-electron chi connectivity index (χ3n) is 4.42. The zero-order valence-electron chi connectivity index (χ0n) is 15.7. The van der Waals surface area contributed by atoms with Gasteiger partial charge in [-0.25, -0.2) is 0 Å². The van der Waals surface area contributed by atoms with Crippen molar-refractivity contribution in [3.63, 3.8) is 0 Å². The summed E-state index contributed by atoms with van der Waals surface area (Å²) in [6.45, 7) is 3.44. The minimum atomic E-state index is -0.398. The molecule has 1 fully saturated rings. The molecule has 0 bridgehead atoms. The zero-order valence-corrected chi connectivity index (χ0v) is 16.4. The van der Waals surface area contributed by atoms with Crippen molar-refractivity contribution >= 4 is 29.1 Å². The van der Waals surface area contributed by atoms with Gasteiger partial charge in [-0.1, -0.05) is 23.7 Å². The molecule has 0 radical (unpaired) electrons. The van der Waals surface area contributed by atoms with Crippen LogP contribution < -0.4 is 15.4 Å². The van der Waals surface area contributed by atoms with E-state index in [1.807, 2.05) is 6.92 Å². The van der Waals surface area contributed by atoms with Gasteiger partial charge in [0.05, 0.1) is 29.5 Å². The van der Waals surface area contributed by atoms with Crippen LogP contribution in [0, 0.1) is 0 Å². The number of rotatable bonds is 7. The van der Waals surface area contributed by atoms with Crippen molar-refractivity contribution < 1.29 is 19.1 Å². The molecule has 1 heterocycles. The van der Waals surface area contributed by atoms with Crippen molar-refractivity contribution in [3.8, 4) is 5.75 Å². The highest BCUT2D eigenvalue weighted by atomic mass is 35.5. The number of carbonyl (C=O) groups is 2. The van der Waals surface area contributed by atoms with Crippen LogP contribution in [0.15, 0.2) is 42.5 Å². The Morgan fingerprint density at radius 2 is 2.00 bits per heavy atom. The summed E-state index contributed by atoms with van der Waals surface area (Å²) in [7, 11) is 0. The topological polar surface area (TPSA) is 76.7 Å². The number of carbonyl (C=O) groups excluding carboxylic acids is 2. The van der Waals surface area contributed by atoms with Gasteiger partial charge in [-0.15, -0.1) is 0 Å². The molecule has 0 aliphatic carbocycles. The number of hydrogen-bond acceptors (Lipinski definition) is 4. The summed E-state index contributed by atoms with van der Waals surface area (Å²) in [5.41, 5.74) is 1.11. The summed E-state index contributed by atoms with van der Waals surface area (Å²) in [5, 5.41) is 6.09. The predicted octanol–water partition coefficient (Wildman–Crippen LogP) is 3.90. The Hall–Kier alpha value is -2.57. The maximum Gasteiger partial charge on any atom is 0.259 e. The first kappa shape index (κ1) is 20.2. The lowest BCUT2D eigenvalue weighted by molar-refractivity contribution is 0.0858. The van der Waals surface area contributed by atoms with Crippen molar-refractivity contribution in [1.82, 2.24) is 5.32 Å². The van der Waals surface area contributed by atoms with E-state index in [9.17, 15) is 9.59 Å². The number of anilines is 1. The standard InChI is InChI=1S/C21H23ClN2O4/c1-2-27-19-10-9-14(22)12-17(19)21(26)24-18-8-4-3-7-16(18)20(25)23-13-15-6-5-11-28-15/h3-4,7-10,12,15H,2,5-6,11,13H2,1H3,(H,23,25)(H,24,26). The van der Waals surface area contributed by atoms with Crippen LogP contribution in [0.4, 0.5) is 5.69 Å². The van der Waals surface area contributed by atoms with Gasteiger partial charge in [0.25, 0.3) is 11.8 Å². The third kappa shape index (κ3) is 5.03. The van der Waals surface area contributed by atoms with Gasteiger partial charge in [-0.3, -0.25) is 9.59 Å². The van der Waals surface area contributed by atoms with E-state index in [-0.39, 0.29) is 12.0 Å². The average molecular weight is 403 g/mol. The average Bonchev–Trinajstić information content (AvgIpc) is 3.21. The second kappa shape index (κ2) is 9.57. The molecule has 1 aliphatic heterocycles. The van der Waals surface area contributed by atoms with Crippen LogP contribution in [0.2, 0.25) is 5.02 Å². The summed E-state index contributed by atoms with van der Waals surface area (Å²) < 4.78 is 11.0. The fourth-order valence-electron chi connectivity index (χ4n) is 3.05. The number of amides is 2. The molecule has 148 valence electrons. The number of nitrogens with one attached hydrogen (secondary N) is 2. The molecule has 0 saturated carbocycles. The highest BCUT2D eigenvalue weighted by Crippen LogP contribution is 2.25. The molecule has 2 N–H and O–H groups in total. The van der Waals surface area contributed by atoms with Crippen molar-refractivity contribution in [2.45, 2.75) is 25.9 Å². The lowest BCUT2D eigenvalue weighted by Gasteiger charge is -2.15. The van der Waals surface area contributed by atoms with Gasteiger partial charge in [-0.2, -0.15) is 0 Å².